The lowest BCUT2D eigenvalue weighted by Crippen LogP contribution is -2.40. The molecule has 1 atom stereocenters. The van der Waals surface area contributed by atoms with Crippen LogP contribution in [0, 0.1) is 6.92 Å². The molecule has 0 spiro atoms. The summed E-state index contributed by atoms with van der Waals surface area (Å²) in [6.45, 7) is 9.04. The molecule has 0 saturated carbocycles. The third-order valence-corrected chi connectivity index (χ3v) is 4.90. The summed E-state index contributed by atoms with van der Waals surface area (Å²) >= 11 is 0. The van der Waals surface area contributed by atoms with Crippen molar-refractivity contribution in [1.29, 1.82) is 0 Å². The molecule has 4 heteroatoms. The first-order chi connectivity index (χ1) is 10.7. The Balaban J connectivity index is 1.68. The molecule has 1 fully saturated rings. The van der Waals surface area contributed by atoms with Crippen molar-refractivity contribution in [3.05, 3.63) is 36.4 Å². The summed E-state index contributed by atoms with van der Waals surface area (Å²) in [7, 11) is 0. The zero-order chi connectivity index (χ0) is 15.5. The van der Waals surface area contributed by atoms with Gasteiger partial charge in [-0.3, -0.25) is 9.67 Å². The summed E-state index contributed by atoms with van der Waals surface area (Å²) in [5.74, 6) is 0. The van der Waals surface area contributed by atoms with Gasteiger partial charge in [-0.15, -0.1) is 0 Å². The number of piperidine rings is 1. The van der Waals surface area contributed by atoms with E-state index in [9.17, 15) is 0 Å². The molecule has 2 aromatic heterocycles. The summed E-state index contributed by atoms with van der Waals surface area (Å²) in [5, 5.41) is 4.61. The molecular formula is C18H26N4. The Kier molecular flexibility index (Phi) is 4.57. The summed E-state index contributed by atoms with van der Waals surface area (Å²) in [6.07, 6.45) is 11.6. The van der Waals surface area contributed by atoms with Gasteiger partial charge in [0.25, 0.3) is 0 Å². The van der Waals surface area contributed by atoms with Crippen molar-refractivity contribution in [2.24, 2.45) is 0 Å². The van der Waals surface area contributed by atoms with Gasteiger partial charge < -0.3 is 4.90 Å². The first kappa shape index (κ1) is 15.2. The zero-order valence-corrected chi connectivity index (χ0v) is 13.9. The van der Waals surface area contributed by atoms with Crippen LogP contribution in [0.4, 0.5) is 0 Å². The third-order valence-electron chi connectivity index (χ3n) is 4.90. The fraction of sp³-hybridized carbons (Fsp3) is 0.556. The second kappa shape index (κ2) is 6.61. The van der Waals surface area contributed by atoms with Gasteiger partial charge in [-0.05, 0) is 44.7 Å². The number of hydrogen-bond donors (Lipinski definition) is 0. The van der Waals surface area contributed by atoms with Crippen LogP contribution in [-0.2, 0) is 0 Å². The first-order valence-corrected chi connectivity index (χ1v) is 8.37. The number of aryl methyl sites for hydroxylation is 1. The highest BCUT2D eigenvalue weighted by atomic mass is 15.3. The van der Waals surface area contributed by atoms with Gasteiger partial charge in [-0.2, -0.15) is 5.10 Å². The van der Waals surface area contributed by atoms with Gasteiger partial charge in [0.2, 0.25) is 0 Å². The molecule has 1 unspecified atom stereocenters. The van der Waals surface area contributed by atoms with E-state index in [4.69, 9.17) is 0 Å². The second-order valence-corrected chi connectivity index (χ2v) is 6.48. The van der Waals surface area contributed by atoms with Crippen LogP contribution in [0.5, 0.6) is 0 Å². The average molecular weight is 298 g/mol. The van der Waals surface area contributed by atoms with Crippen molar-refractivity contribution in [3.63, 3.8) is 0 Å². The van der Waals surface area contributed by atoms with Gasteiger partial charge >= 0.3 is 0 Å². The molecule has 2 aromatic rings. The minimum absolute atomic E-state index is 0.534. The van der Waals surface area contributed by atoms with E-state index in [0.717, 1.165) is 5.56 Å². The molecule has 1 saturated heterocycles. The Morgan fingerprint density at radius 2 is 1.95 bits per heavy atom. The number of likely N-dealkylation sites (tertiary alicyclic amines) is 1. The standard InChI is InChI=1S/C18H26N4/c1-4-15(3)21-7-5-18(6-8-21)22-13-17(12-20-22)16-9-14(2)10-19-11-16/h9-13,15,18H,4-8H2,1-3H3. The molecule has 0 bridgehead atoms. The van der Waals surface area contributed by atoms with E-state index in [1.807, 2.05) is 18.6 Å². The SMILES string of the molecule is CCC(C)N1CCC(n2cc(-c3cncc(C)c3)cn2)CC1. The van der Waals surface area contributed by atoms with Crippen molar-refractivity contribution >= 4 is 0 Å². The van der Waals surface area contributed by atoms with Gasteiger partial charge in [-0.25, -0.2) is 0 Å². The largest absolute Gasteiger partial charge is 0.301 e. The summed E-state index contributed by atoms with van der Waals surface area (Å²) in [4.78, 5) is 6.88. The molecule has 22 heavy (non-hydrogen) atoms. The zero-order valence-electron chi connectivity index (χ0n) is 13.9. The van der Waals surface area contributed by atoms with Crippen LogP contribution in [0.25, 0.3) is 11.1 Å². The highest BCUT2D eigenvalue weighted by Crippen LogP contribution is 2.26. The molecule has 3 rings (SSSR count). The van der Waals surface area contributed by atoms with Gasteiger partial charge in [0.05, 0.1) is 12.2 Å². The second-order valence-electron chi connectivity index (χ2n) is 6.48. The van der Waals surface area contributed by atoms with Crippen LogP contribution in [0.1, 0.15) is 44.7 Å². The molecule has 4 nitrogen and oxygen atoms in total. The van der Waals surface area contributed by atoms with E-state index in [0.29, 0.717) is 12.1 Å². The fourth-order valence-corrected chi connectivity index (χ4v) is 3.25. The maximum atomic E-state index is 4.61. The lowest BCUT2D eigenvalue weighted by molar-refractivity contribution is 0.136. The van der Waals surface area contributed by atoms with Crippen molar-refractivity contribution in [2.75, 3.05) is 13.1 Å². The monoisotopic (exact) mass is 298 g/mol. The molecule has 0 N–H and O–H groups in total. The highest BCUT2D eigenvalue weighted by Gasteiger charge is 2.23. The van der Waals surface area contributed by atoms with Crippen molar-refractivity contribution in [3.8, 4) is 11.1 Å². The van der Waals surface area contributed by atoms with E-state index < -0.39 is 0 Å². The van der Waals surface area contributed by atoms with Crippen molar-refractivity contribution in [1.82, 2.24) is 19.7 Å². The van der Waals surface area contributed by atoms with E-state index in [1.54, 1.807) is 0 Å². The third kappa shape index (κ3) is 3.22. The molecule has 0 aromatic carbocycles. The van der Waals surface area contributed by atoms with E-state index >= 15 is 0 Å². The van der Waals surface area contributed by atoms with E-state index in [2.05, 4.69) is 52.7 Å². The Labute approximate surface area is 133 Å². The highest BCUT2D eigenvalue weighted by molar-refractivity contribution is 5.61. The van der Waals surface area contributed by atoms with Crippen LogP contribution < -0.4 is 0 Å². The number of nitrogens with zero attached hydrogens (tertiary/aromatic N) is 4. The van der Waals surface area contributed by atoms with E-state index in [1.165, 1.54) is 43.5 Å². The molecule has 1 aliphatic heterocycles. The van der Waals surface area contributed by atoms with Gasteiger partial charge in [0.15, 0.2) is 0 Å². The number of aromatic nitrogens is 3. The maximum absolute atomic E-state index is 4.61. The molecule has 0 radical (unpaired) electrons. The van der Waals surface area contributed by atoms with Crippen LogP contribution in [0.2, 0.25) is 0 Å². The fourth-order valence-electron chi connectivity index (χ4n) is 3.25. The first-order valence-electron chi connectivity index (χ1n) is 8.37. The van der Waals surface area contributed by atoms with E-state index in [-0.39, 0.29) is 0 Å². The Bertz CT molecular complexity index is 611. The Morgan fingerprint density at radius 3 is 2.64 bits per heavy atom. The molecular weight excluding hydrogens is 272 g/mol. The predicted octanol–water partition coefficient (Wildman–Crippen LogP) is 3.69. The van der Waals surface area contributed by atoms with Gasteiger partial charge in [0, 0.05) is 48.8 Å². The van der Waals surface area contributed by atoms with Crippen LogP contribution in [-0.4, -0.2) is 38.8 Å². The lowest BCUT2D eigenvalue weighted by atomic mass is 10.0. The Morgan fingerprint density at radius 1 is 1.18 bits per heavy atom. The molecule has 118 valence electrons. The Hall–Kier alpha value is -1.68. The van der Waals surface area contributed by atoms with Gasteiger partial charge in [-0.1, -0.05) is 6.92 Å². The topological polar surface area (TPSA) is 34.0 Å². The predicted molar refractivity (Wildman–Crippen MR) is 89.8 cm³/mol. The molecule has 0 aliphatic carbocycles. The number of rotatable bonds is 4. The number of hydrogen-bond acceptors (Lipinski definition) is 3. The molecule has 1 aliphatic rings. The summed E-state index contributed by atoms with van der Waals surface area (Å²) < 4.78 is 2.16. The van der Waals surface area contributed by atoms with Crippen LogP contribution >= 0.6 is 0 Å². The van der Waals surface area contributed by atoms with Gasteiger partial charge in [0.1, 0.15) is 0 Å². The van der Waals surface area contributed by atoms with Crippen LogP contribution in [0.15, 0.2) is 30.9 Å². The normalized spacial score (nSPS) is 18.5. The summed E-state index contributed by atoms with van der Waals surface area (Å²) in [5.41, 5.74) is 3.51. The lowest BCUT2D eigenvalue weighted by Gasteiger charge is -2.35. The maximum Gasteiger partial charge on any atom is 0.0569 e. The molecule has 0 amide bonds. The van der Waals surface area contributed by atoms with Crippen LogP contribution in [0.3, 0.4) is 0 Å². The quantitative estimate of drug-likeness (QED) is 0.863. The van der Waals surface area contributed by atoms with Crippen molar-refractivity contribution in [2.45, 2.75) is 52.1 Å². The van der Waals surface area contributed by atoms with Crippen molar-refractivity contribution < 1.29 is 0 Å². The minimum atomic E-state index is 0.534. The summed E-state index contributed by atoms with van der Waals surface area (Å²) in [6, 6.07) is 3.40. The average Bonchev–Trinajstić information content (AvgIpc) is 3.04. The molecule has 3 heterocycles. The minimum Gasteiger partial charge on any atom is -0.301 e. The number of pyridine rings is 1. The smallest absolute Gasteiger partial charge is 0.0569 e.